The Hall–Kier alpha value is -2.85. The lowest BCUT2D eigenvalue weighted by molar-refractivity contribution is -0.132. The van der Waals surface area contributed by atoms with Gasteiger partial charge in [0.05, 0.1) is 22.1 Å². The van der Waals surface area contributed by atoms with E-state index >= 15 is 0 Å². The third-order valence-corrected chi connectivity index (χ3v) is 8.57. The highest BCUT2D eigenvalue weighted by molar-refractivity contribution is 7.83. The molecule has 1 unspecified atom stereocenters. The van der Waals surface area contributed by atoms with Crippen molar-refractivity contribution in [3.05, 3.63) is 52.3 Å². The van der Waals surface area contributed by atoms with Crippen molar-refractivity contribution in [2.45, 2.75) is 30.8 Å². The van der Waals surface area contributed by atoms with Crippen molar-refractivity contribution in [1.82, 2.24) is 14.9 Å². The largest absolute Gasteiger partial charge is 0.484 e. The molecule has 3 aliphatic rings. The number of ether oxygens (including phenoxy) is 1. The predicted octanol–water partition coefficient (Wildman–Crippen LogP) is 3.80. The Morgan fingerprint density at radius 2 is 1.97 bits per heavy atom. The Labute approximate surface area is 203 Å². The van der Waals surface area contributed by atoms with Crippen molar-refractivity contribution in [1.29, 1.82) is 0 Å². The van der Waals surface area contributed by atoms with Gasteiger partial charge in [0.15, 0.2) is 17.6 Å². The van der Waals surface area contributed by atoms with E-state index < -0.39 is 10.8 Å². The highest BCUT2D eigenvalue weighted by atomic mass is 32.2. The lowest BCUT2D eigenvalue weighted by Crippen LogP contribution is -2.32. The molecule has 2 aromatic heterocycles. The van der Waals surface area contributed by atoms with Gasteiger partial charge in [-0.15, -0.1) is 11.3 Å². The molecule has 6 rings (SSSR count). The molecule has 0 radical (unpaired) electrons. The molecule has 0 N–H and O–H groups in total. The number of carbonyl (C=O) groups excluding carboxylic acids is 1. The molecule has 0 aliphatic carbocycles. The van der Waals surface area contributed by atoms with Crippen molar-refractivity contribution < 1.29 is 18.1 Å². The zero-order valence-electron chi connectivity index (χ0n) is 18.5. The Balaban J connectivity index is 1.32. The van der Waals surface area contributed by atoms with Crippen LogP contribution >= 0.6 is 11.3 Å². The van der Waals surface area contributed by atoms with Crippen molar-refractivity contribution in [3.63, 3.8) is 0 Å². The number of anilines is 2. The molecule has 5 heterocycles. The Bertz CT molecular complexity index is 1310. The minimum Gasteiger partial charge on any atom is -0.484 e. The summed E-state index contributed by atoms with van der Waals surface area (Å²) in [5.74, 6) is 2.62. The zero-order chi connectivity index (χ0) is 23.2. The molecule has 0 saturated carbocycles. The number of hydrogen-bond acceptors (Lipinski definition) is 7. The van der Waals surface area contributed by atoms with Crippen LogP contribution in [-0.4, -0.2) is 51.2 Å². The van der Waals surface area contributed by atoms with Gasteiger partial charge in [0.25, 0.3) is 5.91 Å². The monoisotopic (exact) mass is 498 g/mol. The zero-order valence-corrected chi connectivity index (χ0v) is 20.1. The highest BCUT2D eigenvalue weighted by Crippen LogP contribution is 2.41. The van der Waals surface area contributed by atoms with Crippen LogP contribution in [0.4, 0.5) is 15.9 Å². The van der Waals surface area contributed by atoms with Gasteiger partial charge in [0, 0.05) is 47.8 Å². The highest BCUT2D eigenvalue weighted by Gasteiger charge is 2.31. The number of carbonyl (C=O) groups is 1. The second kappa shape index (κ2) is 8.74. The molecule has 176 valence electrons. The molecule has 34 heavy (non-hydrogen) atoms. The summed E-state index contributed by atoms with van der Waals surface area (Å²) in [7, 11) is -1.03. The molecule has 7 nitrogen and oxygen atoms in total. The van der Waals surface area contributed by atoms with Gasteiger partial charge in [0.2, 0.25) is 0 Å². The summed E-state index contributed by atoms with van der Waals surface area (Å²) in [5.41, 5.74) is 3.79. The van der Waals surface area contributed by atoms with E-state index in [0.29, 0.717) is 28.0 Å². The van der Waals surface area contributed by atoms with E-state index in [1.165, 1.54) is 6.07 Å². The van der Waals surface area contributed by atoms with E-state index in [2.05, 4.69) is 9.88 Å². The van der Waals surface area contributed by atoms with E-state index in [1.807, 2.05) is 23.1 Å². The molecule has 3 aromatic rings. The molecule has 1 atom stereocenters. The van der Waals surface area contributed by atoms with Gasteiger partial charge in [0.1, 0.15) is 11.6 Å². The Kier molecular flexibility index (Phi) is 5.57. The number of rotatable bonds is 5. The average molecular weight is 499 g/mol. The molecule has 0 bridgehead atoms. The van der Waals surface area contributed by atoms with E-state index in [4.69, 9.17) is 9.72 Å². The molecule has 1 amide bonds. The first-order valence-electron chi connectivity index (χ1n) is 11.4. The fourth-order valence-electron chi connectivity index (χ4n) is 4.79. The molecule has 1 saturated heterocycles. The molecule has 1 fully saturated rings. The first-order valence-corrected chi connectivity index (χ1v) is 13.7. The molecule has 1 aromatic carbocycles. The van der Waals surface area contributed by atoms with Crippen molar-refractivity contribution >= 4 is 39.5 Å². The second-order valence-corrected chi connectivity index (χ2v) is 11.2. The number of likely N-dealkylation sites (tertiary alicyclic amines) is 1. The standard InChI is InChI=1S/C24H23FN4O3S2/c25-21-6-5-20(33-21)23-26-18-14-34(31)13-17(18)24(27-23)29-10-7-15-3-4-16(11-19(15)29)32-12-22(30)28-8-1-2-9-28/h3-6,11H,1-2,7-10,12-14H2. The van der Waals surface area contributed by atoms with Gasteiger partial charge in [-0.2, -0.15) is 4.39 Å². The van der Waals surface area contributed by atoms with Crippen LogP contribution in [0.1, 0.15) is 29.7 Å². The number of fused-ring (bicyclic) bond motifs is 2. The fraction of sp³-hybridized carbons (Fsp3) is 0.375. The topological polar surface area (TPSA) is 75.6 Å². The lowest BCUT2D eigenvalue weighted by Gasteiger charge is -2.22. The van der Waals surface area contributed by atoms with Crippen LogP contribution in [0.5, 0.6) is 5.75 Å². The van der Waals surface area contributed by atoms with Crippen molar-refractivity contribution in [2.75, 3.05) is 31.1 Å². The fourth-order valence-corrected chi connectivity index (χ4v) is 6.72. The third-order valence-electron chi connectivity index (χ3n) is 6.50. The number of nitrogens with zero attached hydrogens (tertiary/aromatic N) is 4. The van der Waals surface area contributed by atoms with Crippen LogP contribution in [0.3, 0.4) is 0 Å². The van der Waals surface area contributed by atoms with Crippen LogP contribution in [0, 0.1) is 5.13 Å². The lowest BCUT2D eigenvalue weighted by atomic mass is 10.1. The van der Waals surface area contributed by atoms with Gasteiger partial charge in [-0.1, -0.05) is 6.07 Å². The van der Waals surface area contributed by atoms with Gasteiger partial charge >= 0.3 is 0 Å². The Morgan fingerprint density at radius 1 is 1.12 bits per heavy atom. The summed E-state index contributed by atoms with van der Waals surface area (Å²) in [5, 5.41) is -0.291. The number of halogens is 1. The van der Waals surface area contributed by atoms with Gasteiger partial charge in [-0.25, -0.2) is 9.97 Å². The molecular formula is C24H23FN4O3S2. The van der Waals surface area contributed by atoms with E-state index in [-0.39, 0.29) is 17.6 Å². The number of hydrogen-bond donors (Lipinski definition) is 0. The van der Waals surface area contributed by atoms with Gasteiger partial charge < -0.3 is 14.5 Å². The van der Waals surface area contributed by atoms with Crippen LogP contribution in [0.25, 0.3) is 10.7 Å². The van der Waals surface area contributed by atoms with Gasteiger partial charge in [-0.3, -0.25) is 9.00 Å². The van der Waals surface area contributed by atoms with Crippen LogP contribution in [0.2, 0.25) is 0 Å². The van der Waals surface area contributed by atoms with E-state index in [9.17, 15) is 13.4 Å². The minimum absolute atomic E-state index is 0.0128. The quantitative estimate of drug-likeness (QED) is 0.533. The summed E-state index contributed by atoms with van der Waals surface area (Å²) in [6.07, 6.45) is 2.94. The SMILES string of the molecule is O=C(COc1ccc2c(c1)N(c1nc(-c3ccc(F)s3)nc3c1CS(=O)C3)CC2)N1CCCC1. The molecule has 3 aliphatic heterocycles. The maximum atomic E-state index is 13.7. The summed E-state index contributed by atoms with van der Waals surface area (Å²) in [6, 6.07) is 8.97. The van der Waals surface area contributed by atoms with Gasteiger partial charge in [-0.05, 0) is 43.0 Å². The number of aromatic nitrogens is 2. The first kappa shape index (κ1) is 21.7. The Morgan fingerprint density at radius 3 is 2.76 bits per heavy atom. The average Bonchev–Trinajstić information content (AvgIpc) is 3.62. The van der Waals surface area contributed by atoms with Crippen LogP contribution in [-0.2, 0) is 33.5 Å². The maximum absolute atomic E-state index is 13.7. The summed E-state index contributed by atoms with van der Waals surface area (Å²) >= 11 is 1.00. The smallest absolute Gasteiger partial charge is 0.260 e. The predicted molar refractivity (Wildman–Crippen MR) is 129 cm³/mol. The van der Waals surface area contributed by atoms with E-state index in [1.54, 1.807) is 6.07 Å². The molecule has 0 spiro atoms. The third kappa shape index (κ3) is 3.98. The maximum Gasteiger partial charge on any atom is 0.260 e. The van der Waals surface area contributed by atoms with Crippen LogP contribution < -0.4 is 9.64 Å². The molecular weight excluding hydrogens is 475 g/mol. The number of amides is 1. The minimum atomic E-state index is -1.03. The molecule has 10 heteroatoms. The van der Waals surface area contributed by atoms with Crippen LogP contribution in [0.15, 0.2) is 30.3 Å². The second-order valence-electron chi connectivity index (χ2n) is 8.70. The number of thiophene rings is 1. The normalized spacial score (nSPS) is 18.9. The first-order chi connectivity index (χ1) is 16.5. The van der Waals surface area contributed by atoms with Crippen molar-refractivity contribution in [2.24, 2.45) is 0 Å². The van der Waals surface area contributed by atoms with Crippen molar-refractivity contribution in [3.8, 4) is 16.5 Å². The van der Waals surface area contributed by atoms with E-state index in [0.717, 1.165) is 78.6 Å². The number of benzene rings is 1. The summed E-state index contributed by atoms with van der Waals surface area (Å²) in [6.45, 7) is 2.35. The summed E-state index contributed by atoms with van der Waals surface area (Å²) in [4.78, 5) is 26.4. The summed E-state index contributed by atoms with van der Waals surface area (Å²) < 4.78 is 31.9.